The van der Waals surface area contributed by atoms with E-state index < -0.39 is 0 Å². The molecule has 1 saturated heterocycles. The number of aliphatic hydroxyl groups is 1. The Morgan fingerprint density at radius 3 is 2.38 bits per heavy atom. The van der Waals surface area contributed by atoms with Gasteiger partial charge >= 0.3 is 0 Å². The number of ether oxygens (including phenoxy) is 3. The maximum absolute atomic E-state index is 9.34. The van der Waals surface area contributed by atoms with Gasteiger partial charge in [-0.05, 0) is 31.4 Å². The normalized spacial score (nSPS) is 19.3. The molecule has 1 aromatic carbocycles. The van der Waals surface area contributed by atoms with Crippen LogP contribution in [-0.4, -0.2) is 51.0 Å². The van der Waals surface area contributed by atoms with Crippen LogP contribution in [0.2, 0.25) is 0 Å². The summed E-state index contributed by atoms with van der Waals surface area (Å²) in [7, 11) is 4.92. The Morgan fingerprint density at radius 2 is 1.76 bits per heavy atom. The highest BCUT2D eigenvalue weighted by molar-refractivity contribution is 5.50. The van der Waals surface area contributed by atoms with Crippen molar-refractivity contribution in [2.45, 2.75) is 19.4 Å². The molecular weight excluding hydrogens is 270 g/mol. The highest BCUT2D eigenvalue weighted by Crippen LogP contribution is 2.35. The number of aliphatic hydroxyl groups excluding tert-OH is 1. The SMILES string of the molecule is COc1cc(OC)c(OC)cc1CN1CCC[C@H](CO)C1. The van der Waals surface area contributed by atoms with E-state index in [1.165, 1.54) is 0 Å². The molecule has 1 N–H and O–H groups in total. The van der Waals surface area contributed by atoms with E-state index in [0.717, 1.165) is 43.8 Å². The largest absolute Gasteiger partial charge is 0.496 e. The number of rotatable bonds is 6. The molecule has 1 atom stereocenters. The summed E-state index contributed by atoms with van der Waals surface area (Å²) in [5.74, 6) is 2.57. The van der Waals surface area contributed by atoms with Crippen molar-refractivity contribution < 1.29 is 19.3 Å². The number of nitrogens with zero attached hydrogens (tertiary/aromatic N) is 1. The van der Waals surface area contributed by atoms with Crippen LogP contribution in [0.15, 0.2) is 12.1 Å². The molecule has 21 heavy (non-hydrogen) atoms. The minimum Gasteiger partial charge on any atom is -0.496 e. The Morgan fingerprint density at radius 1 is 1.10 bits per heavy atom. The molecule has 0 aliphatic carbocycles. The molecule has 118 valence electrons. The zero-order valence-corrected chi connectivity index (χ0v) is 13.1. The van der Waals surface area contributed by atoms with Gasteiger partial charge in [0.1, 0.15) is 5.75 Å². The monoisotopic (exact) mass is 295 g/mol. The van der Waals surface area contributed by atoms with Gasteiger partial charge in [0.2, 0.25) is 0 Å². The summed E-state index contributed by atoms with van der Waals surface area (Å²) in [6.45, 7) is 3.03. The second kappa shape index (κ2) is 7.52. The molecule has 1 fully saturated rings. The molecule has 0 aromatic heterocycles. The highest BCUT2D eigenvalue weighted by atomic mass is 16.5. The number of benzene rings is 1. The number of methoxy groups -OCH3 is 3. The van der Waals surface area contributed by atoms with Crippen molar-refractivity contribution in [2.24, 2.45) is 5.92 Å². The lowest BCUT2D eigenvalue weighted by molar-refractivity contribution is 0.115. The van der Waals surface area contributed by atoms with Crippen molar-refractivity contribution in [3.8, 4) is 17.2 Å². The van der Waals surface area contributed by atoms with Crippen molar-refractivity contribution in [2.75, 3.05) is 41.0 Å². The smallest absolute Gasteiger partial charge is 0.164 e. The lowest BCUT2D eigenvalue weighted by atomic mass is 9.98. The second-order valence-electron chi connectivity index (χ2n) is 5.44. The maximum atomic E-state index is 9.34. The van der Waals surface area contributed by atoms with E-state index in [9.17, 15) is 5.11 Å². The van der Waals surface area contributed by atoms with Crippen LogP contribution in [0.3, 0.4) is 0 Å². The second-order valence-corrected chi connectivity index (χ2v) is 5.44. The first-order valence-electron chi connectivity index (χ1n) is 7.34. The summed E-state index contributed by atoms with van der Waals surface area (Å²) in [5, 5.41) is 9.34. The Balaban J connectivity index is 2.18. The molecule has 0 unspecified atom stereocenters. The molecule has 0 amide bonds. The van der Waals surface area contributed by atoms with E-state index >= 15 is 0 Å². The van der Waals surface area contributed by atoms with Gasteiger partial charge in [0.25, 0.3) is 0 Å². The van der Waals surface area contributed by atoms with Gasteiger partial charge in [0.15, 0.2) is 11.5 Å². The number of hydrogen-bond donors (Lipinski definition) is 1. The summed E-state index contributed by atoms with van der Waals surface area (Å²) in [5.41, 5.74) is 1.08. The van der Waals surface area contributed by atoms with Crippen LogP contribution in [0, 0.1) is 5.92 Å². The predicted molar refractivity (Wildman–Crippen MR) is 81.2 cm³/mol. The van der Waals surface area contributed by atoms with E-state index in [-0.39, 0.29) is 6.61 Å². The first-order chi connectivity index (χ1) is 10.2. The first kappa shape index (κ1) is 15.9. The Hall–Kier alpha value is -1.46. The number of piperidine rings is 1. The Kier molecular flexibility index (Phi) is 5.70. The number of likely N-dealkylation sites (tertiary alicyclic amines) is 1. The van der Waals surface area contributed by atoms with Crippen LogP contribution in [0.25, 0.3) is 0 Å². The standard InChI is InChI=1S/C16H25NO4/c1-19-14-8-16(21-3)15(20-2)7-13(14)10-17-6-4-5-12(9-17)11-18/h7-8,12,18H,4-6,9-11H2,1-3H3/t12-/m0/s1. The van der Waals surface area contributed by atoms with Crippen molar-refractivity contribution >= 4 is 0 Å². The average Bonchev–Trinajstić information content (AvgIpc) is 2.54. The summed E-state index contributed by atoms with van der Waals surface area (Å²) < 4.78 is 16.1. The third kappa shape index (κ3) is 3.80. The van der Waals surface area contributed by atoms with Crippen molar-refractivity contribution in [3.63, 3.8) is 0 Å². The van der Waals surface area contributed by atoms with E-state index in [1.54, 1.807) is 21.3 Å². The first-order valence-corrected chi connectivity index (χ1v) is 7.34. The zero-order valence-electron chi connectivity index (χ0n) is 13.1. The van der Waals surface area contributed by atoms with Crippen LogP contribution < -0.4 is 14.2 Å². The minimum absolute atomic E-state index is 0.263. The maximum Gasteiger partial charge on any atom is 0.164 e. The van der Waals surface area contributed by atoms with Gasteiger partial charge in [0, 0.05) is 31.3 Å². The van der Waals surface area contributed by atoms with Crippen LogP contribution >= 0.6 is 0 Å². The molecule has 5 nitrogen and oxygen atoms in total. The predicted octanol–water partition coefficient (Wildman–Crippen LogP) is 1.92. The van der Waals surface area contributed by atoms with Crippen molar-refractivity contribution in [1.29, 1.82) is 0 Å². The summed E-state index contributed by atoms with van der Waals surface area (Å²) >= 11 is 0. The molecule has 1 aliphatic heterocycles. The summed E-state index contributed by atoms with van der Waals surface area (Å²) in [6.07, 6.45) is 2.23. The van der Waals surface area contributed by atoms with Gasteiger partial charge in [0.05, 0.1) is 21.3 Å². The fourth-order valence-electron chi connectivity index (χ4n) is 2.90. The lowest BCUT2D eigenvalue weighted by Gasteiger charge is -2.32. The van der Waals surface area contributed by atoms with E-state index in [0.29, 0.717) is 17.4 Å². The van der Waals surface area contributed by atoms with Crippen molar-refractivity contribution in [1.82, 2.24) is 4.90 Å². The van der Waals surface area contributed by atoms with Gasteiger partial charge in [-0.3, -0.25) is 4.90 Å². The van der Waals surface area contributed by atoms with Crippen LogP contribution in [-0.2, 0) is 6.54 Å². The molecular formula is C16H25NO4. The molecule has 1 aromatic rings. The summed E-state index contributed by atoms with van der Waals surface area (Å²) in [4.78, 5) is 2.36. The fraction of sp³-hybridized carbons (Fsp3) is 0.625. The average molecular weight is 295 g/mol. The fourth-order valence-corrected chi connectivity index (χ4v) is 2.90. The third-order valence-electron chi connectivity index (χ3n) is 4.04. The van der Waals surface area contributed by atoms with Crippen LogP contribution in [0.4, 0.5) is 0 Å². The topological polar surface area (TPSA) is 51.2 Å². The van der Waals surface area contributed by atoms with Crippen LogP contribution in [0.1, 0.15) is 18.4 Å². The third-order valence-corrected chi connectivity index (χ3v) is 4.04. The summed E-state index contributed by atoms with van der Waals surface area (Å²) in [6, 6.07) is 3.84. The Bertz CT molecular complexity index is 464. The lowest BCUT2D eigenvalue weighted by Crippen LogP contribution is -2.36. The minimum atomic E-state index is 0.263. The quantitative estimate of drug-likeness (QED) is 0.869. The molecule has 2 rings (SSSR count). The Labute approximate surface area is 126 Å². The van der Waals surface area contributed by atoms with E-state index in [2.05, 4.69) is 4.90 Å². The van der Waals surface area contributed by atoms with Crippen LogP contribution in [0.5, 0.6) is 17.2 Å². The van der Waals surface area contributed by atoms with E-state index in [4.69, 9.17) is 14.2 Å². The molecule has 5 heteroatoms. The van der Waals surface area contributed by atoms with Gasteiger partial charge in [-0.15, -0.1) is 0 Å². The molecule has 1 aliphatic rings. The molecule has 0 bridgehead atoms. The van der Waals surface area contributed by atoms with Gasteiger partial charge < -0.3 is 19.3 Å². The highest BCUT2D eigenvalue weighted by Gasteiger charge is 2.21. The number of hydrogen-bond acceptors (Lipinski definition) is 5. The van der Waals surface area contributed by atoms with Gasteiger partial charge in [-0.25, -0.2) is 0 Å². The molecule has 0 spiro atoms. The van der Waals surface area contributed by atoms with Gasteiger partial charge in [-0.1, -0.05) is 0 Å². The molecule has 0 radical (unpaired) electrons. The molecule has 1 heterocycles. The van der Waals surface area contributed by atoms with Crippen molar-refractivity contribution in [3.05, 3.63) is 17.7 Å². The van der Waals surface area contributed by atoms with E-state index in [1.807, 2.05) is 12.1 Å². The molecule has 0 saturated carbocycles. The zero-order chi connectivity index (χ0) is 15.2. The van der Waals surface area contributed by atoms with Gasteiger partial charge in [-0.2, -0.15) is 0 Å².